The molecule has 1 aromatic heterocycles. The van der Waals surface area contributed by atoms with Crippen molar-refractivity contribution in [2.45, 2.75) is 13.0 Å². The third-order valence-corrected chi connectivity index (χ3v) is 3.59. The van der Waals surface area contributed by atoms with E-state index in [0.717, 1.165) is 17.1 Å². The SMILES string of the molecule is CC(Nc1cccnc1N(C)C)c1cc(Cl)ccc1Cl. The van der Waals surface area contributed by atoms with Crippen LogP contribution in [0.1, 0.15) is 18.5 Å². The fourth-order valence-corrected chi connectivity index (χ4v) is 2.49. The summed E-state index contributed by atoms with van der Waals surface area (Å²) in [6.45, 7) is 2.05. The summed E-state index contributed by atoms with van der Waals surface area (Å²) in [5.41, 5.74) is 1.92. The largest absolute Gasteiger partial charge is 0.375 e. The Kier molecular flexibility index (Phi) is 4.73. The average molecular weight is 310 g/mol. The highest BCUT2D eigenvalue weighted by atomic mass is 35.5. The molecule has 0 aliphatic rings. The smallest absolute Gasteiger partial charge is 0.151 e. The fourth-order valence-electron chi connectivity index (χ4n) is 2.02. The number of hydrogen-bond acceptors (Lipinski definition) is 3. The van der Waals surface area contributed by atoms with E-state index in [2.05, 4.69) is 10.3 Å². The lowest BCUT2D eigenvalue weighted by atomic mass is 10.1. The Bertz CT molecular complexity index is 599. The molecule has 2 rings (SSSR count). The molecule has 5 heteroatoms. The first-order valence-corrected chi connectivity index (χ1v) is 7.08. The first kappa shape index (κ1) is 14.9. The van der Waals surface area contributed by atoms with Gasteiger partial charge >= 0.3 is 0 Å². The summed E-state index contributed by atoms with van der Waals surface area (Å²) >= 11 is 12.3. The van der Waals surface area contributed by atoms with Crippen molar-refractivity contribution >= 4 is 34.7 Å². The zero-order chi connectivity index (χ0) is 14.7. The van der Waals surface area contributed by atoms with Crippen molar-refractivity contribution in [2.75, 3.05) is 24.3 Å². The lowest BCUT2D eigenvalue weighted by Gasteiger charge is -2.21. The number of rotatable bonds is 4. The molecule has 1 N–H and O–H groups in total. The van der Waals surface area contributed by atoms with Gasteiger partial charge in [0.25, 0.3) is 0 Å². The van der Waals surface area contributed by atoms with Gasteiger partial charge in [-0.05, 0) is 42.8 Å². The van der Waals surface area contributed by atoms with Gasteiger partial charge in [0.2, 0.25) is 0 Å². The van der Waals surface area contributed by atoms with Crippen LogP contribution in [0.25, 0.3) is 0 Å². The van der Waals surface area contributed by atoms with E-state index in [1.165, 1.54) is 0 Å². The molecule has 1 heterocycles. The van der Waals surface area contributed by atoms with Crippen LogP contribution in [0.3, 0.4) is 0 Å². The zero-order valence-corrected chi connectivity index (χ0v) is 13.2. The van der Waals surface area contributed by atoms with E-state index >= 15 is 0 Å². The van der Waals surface area contributed by atoms with Crippen LogP contribution in [0.2, 0.25) is 10.0 Å². The molecule has 0 aliphatic carbocycles. The molecule has 2 aromatic rings. The van der Waals surface area contributed by atoms with Crippen LogP contribution in [0, 0.1) is 0 Å². The van der Waals surface area contributed by atoms with Gasteiger partial charge in [0.05, 0.1) is 11.7 Å². The Balaban J connectivity index is 2.28. The summed E-state index contributed by atoms with van der Waals surface area (Å²) < 4.78 is 0. The second-order valence-electron chi connectivity index (χ2n) is 4.80. The van der Waals surface area contributed by atoms with Gasteiger partial charge in [0, 0.05) is 30.3 Å². The van der Waals surface area contributed by atoms with Crippen molar-refractivity contribution in [1.29, 1.82) is 0 Å². The van der Waals surface area contributed by atoms with E-state index < -0.39 is 0 Å². The average Bonchev–Trinajstić information content (AvgIpc) is 2.41. The van der Waals surface area contributed by atoms with Gasteiger partial charge in [-0.15, -0.1) is 0 Å². The monoisotopic (exact) mass is 309 g/mol. The predicted molar refractivity (Wildman–Crippen MR) is 87.1 cm³/mol. The van der Waals surface area contributed by atoms with Gasteiger partial charge in [-0.25, -0.2) is 4.98 Å². The van der Waals surface area contributed by atoms with Crippen molar-refractivity contribution in [3.63, 3.8) is 0 Å². The van der Waals surface area contributed by atoms with Gasteiger partial charge in [-0.1, -0.05) is 23.2 Å². The van der Waals surface area contributed by atoms with Crippen LogP contribution in [0.15, 0.2) is 36.5 Å². The quantitative estimate of drug-likeness (QED) is 0.892. The highest BCUT2D eigenvalue weighted by Crippen LogP contribution is 2.30. The van der Waals surface area contributed by atoms with E-state index in [0.29, 0.717) is 10.0 Å². The Labute approximate surface area is 129 Å². The van der Waals surface area contributed by atoms with E-state index in [-0.39, 0.29) is 6.04 Å². The summed E-state index contributed by atoms with van der Waals surface area (Å²) in [6.07, 6.45) is 1.78. The second kappa shape index (κ2) is 6.33. The third-order valence-electron chi connectivity index (χ3n) is 3.01. The molecular formula is C15H17Cl2N3. The first-order chi connectivity index (χ1) is 9.49. The zero-order valence-electron chi connectivity index (χ0n) is 11.7. The molecule has 1 aromatic carbocycles. The number of pyridine rings is 1. The molecule has 0 aliphatic heterocycles. The third kappa shape index (κ3) is 3.35. The lowest BCUT2D eigenvalue weighted by Crippen LogP contribution is -2.15. The number of nitrogens with one attached hydrogen (secondary N) is 1. The molecule has 1 unspecified atom stereocenters. The molecular weight excluding hydrogens is 293 g/mol. The number of anilines is 2. The molecule has 0 amide bonds. The summed E-state index contributed by atoms with van der Waals surface area (Å²) in [5.74, 6) is 0.887. The maximum Gasteiger partial charge on any atom is 0.151 e. The van der Waals surface area contributed by atoms with E-state index in [1.54, 1.807) is 12.3 Å². The molecule has 0 bridgehead atoms. The van der Waals surface area contributed by atoms with Crippen LogP contribution in [-0.4, -0.2) is 19.1 Å². The first-order valence-electron chi connectivity index (χ1n) is 6.33. The Hall–Kier alpha value is -1.45. The molecule has 3 nitrogen and oxygen atoms in total. The summed E-state index contributed by atoms with van der Waals surface area (Å²) in [7, 11) is 3.93. The molecule has 0 saturated carbocycles. The van der Waals surface area contributed by atoms with Gasteiger partial charge in [0.15, 0.2) is 5.82 Å². The van der Waals surface area contributed by atoms with Crippen LogP contribution in [-0.2, 0) is 0 Å². The minimum Gasteiger partial charge on any atom is -0.375 e. The van der Waals surface area contributed by atoms with E-state index in [1.807, 2.05) is 50.2 Å². The summed E-state index contributed by atoms with van der Waals surface area (Å²) in [4.78, 5) is 6.34. The summed E-state index contributed by atoms with van der Waals surface area (Å²) in [5, 5.41) is 4.81. The van der Waals surface area contributed by atoms with Crippen molar-refractivity contribution < 1.29 is 0 Å². The topological polar surface area (TPSA) is 28.2 Å². The van der Waals surface area contributed by atoms with E-state index in [4.69, 9.17) is 23.2 Å². The van der Waals surface area contributed by atoms with Crippen LogP contribution >= 0.6 is 23.2 Å². The number of halogens is 2. The molecule has 20 heavy (non-hydrogen) atoms. The number of aromatic nitrogens is 1. The highest BCUT2D eigenvalue weighted by Gasteiger charge is 2.13. The highest BCUT2D eigenvalue weighted by molar-refractivity contribution is 6.33. The lowest BCUT2D eigenvalue weighted by molar-refractivity contribution is 0.880. The van der Waals surface area contributed by atoms with Crippen LogP contribution in [0.4, 0.5) is 11.5 Å². The predicted octanol–water partition coefficient (Wildman–Crippen LogP) is 4.63. The maximum atomic E-state index is 6.23. The van der Waals surface area contributed by atoms with Crippen molar-refractivity contribution in [3.8, 4) is 0 Å². The standard InChI is InChI=1S/C15H17Cl2N3/c1-10(12-9-11(16)6-7-13(12)17)19-14-5-4-8-18-15(14)20(2)3/h4-10,19H,1-3H3. The minimum absolute atomic E-state index is 0.0316. The van der Waals surface area contributed by atoms with Crippen LogP contribution < -0.4 is 10.2 Å². The maximum absolute atomic E-state index is 6.23. The molecule has 0 radical (unpaired) electrons. The van der Waals surface area contributed by atoms with Crippen LogP contribution in [0.5, 0.6) is 0 Å². The molecule has 0 fully saturated rings. The van der Waals surface area contributed by atoms with Crippen molar-refractivity contribution in [1.82, 2.24) is 4.98 Å². The molecule has 0 saturated heterocycles. The number of hydrogen-bond donors (Lipinski definition) is 1. The molecule has 106 valence electrons. The van der Waals surface area contributed by atoms with Gasteiger partial charge in [-0.2, -0.15) is 0 Å². The molecule has 0 spiro atoms. The number of benzene rings is 1. The Morgan fingerprint density at radius 2 is 1.95 bits per heavy atom. The Morgan fingerprint density at radius 1 is 1.20 bits per heavy atom. The molecule has 1 atom stereocenters. The fraction of sp³-hybridized carbons (Fsp3) is 0.267. The van der Waals surface area contributed by atoms with Crippen molar-refractivity contribution in [2.24, 2.45) is 0 Å². The van der Waals surface area contributed by atoms with Gasteiger partial charge in [0.1, 0.15) is 0 Å². The van der Waals surface area contributed by atoms with E-state index in [9.17, 15) is 0 Å². The van der Waals surface area contributed by atoms with Gasteiger partial charge < -0.3 is 10.2 Å². The summed E-state index contributed by atoms with van der Waals surface area (Å²) in [6, 6.07) is 9.42. The normalized spacial score (nSPS) is 12.1. The number of nitrogens with zero attached hydrogens (tertiary/aromatic N) is 2. The Morgan fingerprint density at radius 3 is 2.65 bits per heavy atom. The van der Waals surface area contributed by atoms with Gasteiger partial charge in [-0.3, -0.25) is 0 Å². The minimum atomic E-state index is 0.0316. The van der Waals surface area contributed by atoms with Crippen molar-refractivity contribution in [3.05, 3.63) is 52.1 Å². The second-order valence-corrected chi connectivity index (χ2v) is 5.64.